The van der Waals surface area contributed by atoms with Gasteiger partial charge in [0.15, 0.2) is 6.61 Å². The standard InChI is InChI=1S/C17H16F4N2O2/c1-11(24)23-16-8-13(5-6-15(16)18)22-9-12-3-2-4-14(7-12)25-10-17(19,20)21/h2-8,22H,9-10H2,1H3,(H,23,24). The molecule has 0 unspecified atom stereocenters. The quantitative estimate of drug-likeness (QED) is 0.757. The van der Waals surface area contributed by atoms with Crippen LogP contribution in [0.4, 0.5) is 28.9 Å². The Kier molecular flexibility index (Phi) is 5.84. The zero-order valence-corrected chi connectivity index (χ0v) is 13.3. The Morgan fingerprint density at radius 3 is 2.60 bits per heavy atom. The summed E-state index contributed by atoms with van der Waals surface area (Å²) in [5.74, 6) is -0.858. The molecule has 2 rings (SSSR count). The third kappa shape index (κ3) is 6.33. The van der Waals surface area contributed by atoms with Crippen molar-refractivity contribution in [2.75, 3.05) is 17.2 Å². The van der Waals surface area contributed by atoms with Crippen LogP contribution in [0, 0.1) is 5.82 Å². The van der Waals surface area contributed by atoms with Gasteiger partial charge in [0.05, 0.1) is 5.69 Å². The van der Waals surface area contributed by atoms with Crippen LogP contribution in [0.3, 0.4) is 0 Å². The van der Waals surface area contributed by atoms with E-state index >= 15 is 0 Å². The summed E-state index contributed by atoms with van der Waals surface area (Å²) in [5, 5.41) is 5.38. The molecule has 2 N–H and O–H groups in total. The maximum absolute atomic E-state index is 13.6. The van der Waals surface area contributed by atoms with Crippen LogP contribution < -0.4 is 15.4 Å². The average molecular weight is 356 g/mol. The fraction of sp³-hybridized carbons (Fsp3) is 0.235. The van der Waals surface area contributed by atoms with Gasteiger partial charge in [-0.15, -0.1) is 0 Å². The number of benzene rings is 2. The lowest BCUT2D eigenvalue weighted by atomic mass is 10.2. The maximum Gasteiger partial charge on any atom is 0.422 e. The van der Waals surface area contributed by atoms with Crippen LogP contribution in [-0.4, -0.2) is 18.7 Å². The molecule has 2 aromatic carbocycles. The molecule has 0 heterocycles. The molecule has 0 aliphatic carbocycles. The van der Waals surface area contributed by atoms with Crippen LogP contribution >= 0.6 is 0 Å². The van der Waals surface area contributed by atoms with Crippen LogP contribution in [0.25, 0.3) is 0 Å². The molecular weight excluding hydrogens is 340 g/mol. The van der Waals surface area contributed by atoms with E-state index in [2.05, 4.69) is 10.6 Å². The summed E-state index contributed by atoms with van der Waals surface area (Å²) in [6.07, 6.45) is -4.40. The largest absolute Gasteiger partial charge is 0.484 e. The van der Waals surface area contributed by atoms with Gasteiger partial charge in [0.1, 0.15) is 11.6 Å². The van der Waals surface area contributed by atoms with Crippen molar-refractivity contribution in [3.63, 3.8) is 0 Å². The van der Waals surface area contributed by atoms with Crippen LogP contribution in [0.1, 0.15) is 12.5 Å². The SMILES string of the molecule is CC(=O)Nc1cc(NCc2cccc(OCC(F)(F)F)c2)ccc1F. The highest BCUT2D eigenvalue weighted by molar-refractivity contribution is 5.89. The Morgan fingerprint density at radius 1 is 1.16 bits per heavy atom. The first kappa shape index (κ1) is 18.6. The minimum absolute atomic E-state index is 0.0414. The van der Waals surface area contributed by atoms with E-state index in [1.165, 1.54) is 37.3 Å². The number of anilines is 2. The molecule has 0 bridgehead atoms. The molecule has 0 spiro atoms. The van der Waals surface area contributed by atoms with Crippen molar-refractivity contribution in [1.82, 2.24) is 0 Å². The van der Waals surface area contributed by atoms with Crippen molar-refractivity contribution < 1.29 is 27.1 Å². The number of amides is 1. The Bertz CT molecular complexity index is 748. The number of ether oxygens (including phenoxy) is 1. The highest BCUT2D eigenvalue weighted by Crippen LogP contribution is 2.22. The summed E-state index contributed by atoms with van der Waals surface area (Å²) in [6, 6.07) is 10.3. The summed E-state index contributed by atoms with van der Waals surface area (Å²) in [5.41, 5.74) is 1.27. The lowest BCUT2D eigenvalue weighted by Crippen LogP contribution is -2.19. The smallest absolute Gasteiger partial charge is 0.422 e. The molecule has 0 atom stereocenters. The Hall–Kier alpha value is -2.77. The first-order chi connectivity index (χ1) is 11.7. The Balaban J connectivity index is 2.00. The number of rotatable bonds is 6. The van der Waals surface area contributed by atoms with Crippen molar-refractivity contribution in [2.45, 2.75) is 19.6 Å². The third-order valence-corrected chi connectivity index (χ3v) is 3.07. The molecule has 134 valence electrons. The summed E-state index contributed by atoms with van der Waals surface area (Å²) in [4.78, 5) is 11.0. The highest BCUT2D eigenvalue weighted by Gasteiger charge is 2.28. The van der Waals surface area contributed by atoms with Gasteiger partial charge in [-0.2, -0.15) is 13.2 Å². The van der Waals surface area contributed by atoms with Gasteiger partial charge in [-0.3, -0.25) is 4.79 Å². The van der Waals surface area contributed by atoms with E-state index in [-0.39, 0.29) is 18.0 Å². The predicted molar refractivity (Wildman–Crippen MR) is 86.0 cm³/mol. The molecular formula is C17H16F4N2O2. The van der Waals surface area contributed by atoms with Crippen LogP contribution in [0.15, 0.2) is 42.5 Å². The van der Waals surface area contributed by atoms with E-state index < -0.39 is 24.5 Å². The number of hydrogen-bond acceptors (Lipinski definition) is 3. The van der Waals surface area contributed by atoms with Gasteiger partial charge in [0.2, 0.25) is 5.91 Å². The fourth-order valence-electron chi connectivity index (χ4n) is 2.04. The zero-order valence-electron chi connectivity index (χ0n) is 13.3. The molecule has 25 heavy (non-hydrogen) atoms. The van der Waals surface area contributed by atoms with E-state index in [9.17, 15) is 22.4 Å². The normalized spacial score (nSPS) is 11.1. The van der Waals surface area contributed by atoms with Gasteiger partial charge in [-0.05, 0) is 35.9 Å². The van der Waals surface area contributed by atoms with E-state index in [1.807, 2.05) is 0 Å². The van der Waals surface area contributed by atoms with Gasteiger partial charge >= 0.3 is 6.18 Å². The van der Waals surface area contributed by atoms with Crippen molar-refractivity contribution in [2.24, 2.45) is 0 Å². The number of hydrogen-bond donors (Lipinski definition) is 2. The lowest BCUT2D eigenvalue weighted by molar-refractivity contribution is -0.153. The first-order valence-corrected chi connectivity index (χ1v) is 7.32. The van der Waals surface area contributed by atoms with Gasteiger partial charge in [0.25, 0.3) is 0 Å². The molecule has 8 heteroatoms. The monoisotopic (exact) mass is 356 g/mol. The van der Waals surface area contributed by atoms with E-state index in [0.717, 1.165) is 0 Å². The molecule has 1 amide bonds. The molecule has 0 aliphatic rings. The van der Waals surface area contributed by atoms with Crippen molar-refractivity contribution >= 4 is 17.3 Å². The Labute approximate surface area is 141 Å². The van der Waals surface area contributed by atoms with Crippen molar-refractivity contribution in [3.05, 3.63) is 53.8 Å². The second kappa shape index (κ2) is 7.87. The second-order valence-corrected chi connectivity index (χ2v) is 5.28. The molecule has 0 radical (unpaired) electrons. The van der Waals surface area contributed by atoms with Gasteiger partial charge in [-0.25, -0.2) is 4.39 Å². The Morgan fingerprint density at radius 2 is 1.92 bits per heavy atom. The molecule has 4 nitrogen and oxygen atoms in total. The average Bonchev–Trinajstić information content (AvgIpc) is 2.53. The summed E-state index contributed by atoms with van der Waals surface area (Å²) >= 11 is 0. The maximum atomic E-state index is 13.6. The van der Waals surface area contributed by atoms with E-state index in [1.54, 1.807) is 12.1 Å². The lowest BCUT2D eigenvalue weighted by Gasteiger charge is -2.12. The number of alkyl halides is 3. The molecule has 2 aromatic rings. The van der Waals surface area contributed by atoms with Gasteiger partial charge < -0.3 is 15.4 Å². The molecule has 0 aromatic heterocycles. The van der Waals surface area contributed by atoms with Gasteiger partial charge in [0, 0.05) is 19.2 Å². The van der Waals surface area contributed by atoms with E-state index in [4.69, 9.17) is 4.74 Å². The van der Waals surface area contributed by atoms with Crippen LogP contribution in [0.5, 0.6) is 5.75 Å². The first-order valence-electron chi connectivity index (χ1n) is 7.32. The number of carbonyl (C=O) groups excluding carboxylic acids is 1. The third-order valence-electron chi connectivity index (χ3n) is 3.07. The summed E-state index contributed by atoms with van der Waals surface area (Å²) < 4.78 is 54.8. The minimum atomic E-state index is -4.40. The molecule has 0 saturated carbocycles. The summed E-state index contributed by atoms with van der Waals surface area (Å²) in [7, 11) is 0. The number of carbonyl (C=O) groups is 1. The van der Waals surface area contributed by atoms with Crippen LogP contribution in [-0.2, 0) is 11.3 Å². The number of nitrogens with one attached hydrogen (secondary N) is 2. The predicted octanol–water partition coefficient (Wildman–Crippen LogP) is 4.34. The molecule has 0 fully saturated rings. The fourth-order valence-corrected chi connectivity index (χ4v) is 2.04. The summed E-state index contributed by atoms with van der Waals surface area (Å²) in [6.45, 7) is 0.197. The second-order valence-electron chi connectivity index (χ2n) is 5.28. The topological polar surface area (TPSA) is 50.4 Å². The van der Waals surface area contributed by atoms with Crippen LogP contribution in [0.2, 0.25) is 0 Å². The molecule has 0 saturated heterocycles. The minimum Gasteiger partial charge on any atom is -0.484 e. The van der Waals surface area contributed by atoms with Gasteiger partial charge in [-0.1, -0.05) is 12.1 Å². The zero-order chi connectivity index (χ0) is 18.4. The number of halogens is 4. The van der Waals surface area contributed by atoms with Crippen molar-refractivity contribution in [3.8, 4) is 5.75 Å². The van der Waals surface area contributed by atoms with E-state index in [0.29, 0.717) is 11.3 Å². The van der Waals surface area contributed by atoms with Crippen molar-refractivity contribution in [1.29, 1.82) is 0 Å². The molecule has 0 aliphatic heterocycles. The highest BCUT2D eigenvalue weighted by atomic mass is 19.4.